The highest BCUT2D eigenvalue weighted by molar-refractivity contribution is 5.76. The molecule has 6 heteroatoms. The Morgan fingerprint density at radius 3 is 3.13 bits per heavy atom. The van der Waals surface area contributed by atoms with E-state index in [0.29, 0.717) is 6.04 Å². The molecule has 0 aliphatic carbocycles. The topological polar surface area (TPSA) is 63.1 Å². The van der Waals surface area contributed by atoms with Gasteiger partial charge in [0.2, 0.25) is 5.91 Å². The SMILES string of the molecule is CNC1CCN(C(=O)Cn2cncn2)C1. The maximum Gasteiger partial charge on any atom is 0.244 e. The van der Waals surface area contributed by atoms with E-state index in [9.17, 15) is 4.79 Å². The standard InChI is InChI=1S/C9H15N5O/c1-10-8-2-3-13(4-8)9(15)5-14-7-11-6-12-14/h6-8,10H,2-5H2,1H3. The number of likely N-dealkylation sites (N-methyl/N-ethyl adjacent to an activating group) is 1. The molecule has 0 aromatic carbocycles. The molecule has 1 aromatic rings. The van der Waals surface area contributed by atoms with Gasteiger partial charge in [0.15, 0.2) is 0 Å². The van der Waals surface area contributed by atoms with Gasteiger partial charge in [-0.15, -0.1) is 0 Å². The average Bonchev–Trinajstić information content (AvgIpc) is 2.86. The van der Waals surface area contributed by atoms with Crippen molar-refractivity contribution in [2.45, 2.75) is 19.0 Å². The fourth-order valence-electron chi connectivity index (χ4n) is 1.78. The number of nitrogens with zero attached hydrogens (tertiary/aromatic N) is 4. The van der Waals surface area contributed by atoms with Crippen LogP contribution in [0.3, 0.4) is 0 Å². The third-order valence-corrected chi connectivity index (χ3v) is 2.71. The number of aromatic nitrogens is 3. The lowest BCUT2D eigenvalue weighted by Crippen LogP contribution is -2.35. The van der Waals surface area contributed by atoms with Gasteiger partial charge in [0.05, 0.1) is 0 Å². The molecular formula is C9H15N5O. The number of carbonyl (C=O) groups excluding carboxylic acids is 1. The largest absolute Gasteiger partial charge is 0.339 e. The van der Waals surface area contributed by atoms with E-state index in [1.54, 1.807) is 11.0 Å². The molecule has 1 N–H and O–H groups in total. The lowest BCUT2D eigenvalue weighted by Gasteiger charge is -2.15. The fraction of sp³-hybridized carbons (Fsp3) is 0.667. The van der Waals surface area contributed by atoms with Crippen molar-refractivity contribution in [3.8, 4) is 0 Å². The Balaban J connectivity index is 1.87. The maximum atomic E-state index is 11.8. The van der Waals surface area contributed by atoms with Gasteiger partial charge in [-0.3, -0.25) is 4.79 Å². The van der Waals surface area contributed by atoms with Crippen LogP contribution in [0.25, 0.3) is 0 Å². The van der Waals surface area contributed by atoms with E-state index in [1.165, 1.54) is 6.33 Å². The van der Waals surface area contributed by atoms with Crippen molar-refractivity contribution in [1.29, 1.82) is 0 Å². The molecule has 82 valence electrons. The Bertz CT molecular complexity index is 323. The molecule has 1 saturated heterocycles. The summed E-state index contributed by atoms with van der Waals surface area (Å²) in [5.74, 6) is 0.109. The van der Waals surface area contributed by atoms with Gasteiger partial charge in [0, 0.05) is 19.1 Å². The Kier molecular flexibility index (Phi) is 2.96. The Hall–Kier alpha value is -1.43. The van der Waals surface area contributed by atoms with Gasteiger partial charge in [-0.25, -0.2) is 9.67 Å². The normalized spacial score (nSPS) is 20.9. The van der Waals surface area contributed by atoms with Crippen LogP contribution in [-0.4, -0.2) is 51.8 Å². The first-order chi connectivity index (χ1) is 7.29. The van der Waals surface area contributed by atoms with Crippen LogP contribution in [0, 0.1) is 0 Å². The highest BCUT2D eigenvalue weighted by Crippen LogP contribution is 2.09. The first-order valence-electron chi connectivity index (χ1n) is 5.07. The lowest BCUT2D eigenvalue weighted by molar-refractivity contribution is -0.131. The monoisotopic (exact) mass is 209 g/mol. The summed E-state index contributed by atoms with van der Waals surface area (Å²) in [6, 6.07) is 0.435. The molecule has 0 saturated carbocycles. The quantitative estimate of drug-likeness (QED) is 0.700. The van der Waals surface area contributed by atoms with Crippen LogP contribution >= 0.6 is 0 Å². The Morgan fingerprint density at radius 2 is 2.53 bits per heavy atom. The van der Waals surface area contributed by atoms with Crippen molar-refractivity contribution in [3.63, 3.8) is 0 Å². The number of hydrogen-bond acceptors (Lipinski definition) is 4. The molecule has 2 heterocycles. The zero-order valence-corrected chi connectivity index (χ0v) is 8.76. The van der Waals surface area contributed by atoms with E-state index in [4.69, 9.17) is 0 Å². The molecule has 1 unspecified atom stereocenters. The van der Waals surface area contributed by atoms with Crippen LogP contribution < -0.4 is 5.32 Å². The second-order valence-corrected chi connectivity index (χ2v) is 3.71. The van der Waals surface area contributed by atoms with Gasteiger partial charge in [-0.1, -0.05) is 0 Å². The van der Waals surface area contributed by atoms with E-state index in [1.807, 2.05) is 11.9 Å². The molecule has 2 rings (SSSR count). The summed E-state index contributed by atoms with van der Waals surface area (Å²) in [5.41, 5.74) is 0. The van der Waals surface area contributed by atoms with Crippen molar-refractivity contribution in [3.05, 3.63) is 12.7 Å². The summed E-state index contributed by atoms with van der Waals surface area (Å²) in [5, 5.41) is 7.09. The van der Waals surface area contributed by atoms with E-state index >= 15 is 0 Å². The number of carbonyl (C=O) groups is 1. The summed E-state index contributed by atoms with van der Waals surface area (Å²) in [6.07, 6.45) is 4.02. The third-order valence-electron chi connectivity index (χ3n) is 2.71. The maximum absolute atomic E-state index is 11.8. The predicted octanol–water partition coefficient (Wildman–Crippen LogP) is -0.902. The second-order valence-electron chi connectivity index (χ2n) is 3.71. The molecule has 1 amide bonds. The van der Waals surface area contributed by atoms with Crippen LogP contribution in [0.4, 0.5) is 0 Å². The number of likely N-dealkylation sites (tertiary alicyclic amines) is 1. The van der Waals surface area contributed by atoms with Crippen molar-refractivity contribution < 1.29 is 4.79 Å². The van der Waals surface area contributed by atoms with Gasteiger partial charge in [0.1, 0.15) is 19.2 Å². The number of rotatable bonds is 3. The molecule has 0 spiro atoms. The zero-order chi connectivity index (χ0) is 10.7. The van der Waals surface area contributed by atoms with E-state index < -0.39 is 0 Å². The molecule has 1 atom stereocenters. The Labute approximate surface area is 88.3 Å². The van der Waals surface area contributed by atoms with Crippen LogP contribution in [-0.2, 0) is 11.3 Å². The van der Waals surface area contributed by atoms with Crippen molar-refractivity contribution >= 4 is 5.91 Å². The summed E-state index contributed by atoms with van der Waals surface area (Å²) in [6.45, 7) is 1.92. The summed E-state index contributed by atoms with van der Waals surface area (Å²) < 4.78 is 1.55. The van der Waals surface area contributed by atoms with Crippen LogP contribution in [0.5, 0.6) is 0 Å². The lowest BCUT2D eigenvalue weighted by atomic mass is 10.3. The van der Waals surface area contributed by atoms with E-state index in [2.05, 4.69) is 15.4 Å². The molecule has 1 aromatic heterocycles. The van der Waals surface area contributed by atoms with Gasteiger partial charge < -0.3 is 10.2 Å². The third kappa shape index (κ3) is 2.33. The van der Waals surface area contributed by atoms with E-state index in [0.717, 1.165) is 19.5 Å². The number of hydrogen-bond donors (Lipinski definition) is 1. The van der Waals surface area contributed by atoms with Gasteiger partial charge in [0.25, 0.3) is 0 Å². The van der Waals surface area contributed by atoms with Crippen molar-refractivity contribution in [2.75, 3.05) is 20.1 Å². The summed E-state index contributed by atoms with van der Waals surface area (Å²) in [7, 11) is 1.93. The van der Waals surface area contributed by atoms with E-state index in [-0.39, 0.29) is 12.5 Å². The van der Waals surface area contributed by atoms with Crippen molar-refractivity contribution in [1.82, 2.24) is 25.0 Å². The molecule has 1 aliphatic heterocycles. The van der Waals surface area contributed by atoms with Gasteiger partial charge in [-0.05, 0) is 13.5 Å². The second kappa shape index (κ2) is 4.39. The molecule has 0 radical (unpaired) electrons. The predicted molar refractivity (Wildman–Crippen MR) is 54.1 cm³/mol. The molecular weight excluding hydrogens is 194 g/mol. The smallest absolute Gasteiger partial charge is 0.244 e. The molecule has 1 fully saturated rings. The van der Waals surface area contributed by atoms with Crippen LogP contribution in [0.1, 0.15) is 6.42 Å². The summed E-state index contributed by atoms with van der Waals surface area (Å²) >= 11 is 0. The van der Waals surface area contributed by atoms with Gasteiger partial charge in [-0.2, -0.15) is 5.10 Å². The average molecular weight is 209 g/mol. The molecule has 0 bridgehead atoms. The number of nitrogens with one attached hydrogen (secondary N) is 1. The first kappa shape index (κ1) is 10.1. The highest BCUT2D eigenvalue weighted by Gasteiger charge is 2.24. The minimum absolute atomic E-state index is 0.109. The molecule has 6 nitrogen and oxygen atoms in total. The van der Waals surface area contributed by atoms with Gasteiger partial charge >= 0.3 is 0 Å². The zero-order valence-electron chi connectivity index (χ0n) is 8.76. The molecule has 15 heavy (non-hydrogen) atoms. The Morgan fingerprint density at radius 1 is 1.67 bits per heavy atom. The van der Waals surface area contributed by atoms with Crippen LogP contribution in [0.2, 0.25) is 0 Å². The van der Waals surface area contributed by atoms with Crippen molar-refractivity contribution in [2.24, 2.45) is 0 Å². The highest BCUT2D eigenvalue weighted by atomic mass is 16.2. The minimum Gasteiger partial charge on any atom is -0.339 e. The fourth-order valence-corrected chi connectivity index (χ4v) is 1.78. The molecule has 1 aliphatic rings. The number of amides is 1. The minimum atomic E-state index is 0.109. The van der Waals surface area contributed by atoms with Crippen LogP contribution in [0.15, 0.2) is 12.7 Å². The summed E-state index contributed by atoms with van der Waals surface area (Å²) in [4.78, 5) is 17.4. The first-order valence-corrected chi connectivity index (χ1v) is 5.07.